The third-order valence-electron chi connectivity index (χ3n) is 4.58. The Morgan fingerprint density at radius 3 is 2.95 bits per heavy atom. The second-order valence-corrected chi connectivity index (χ2v) is 6.06. The molecule has 2 rings (SSSR count). The number of carbonyl (C=O) groups is 1. The third kappa shape index (κ3) is 3.71. The number of aliphatic hydroxyl groups is 1. The predicted octanol–water partition coefficient (Wildman–Crippen LogP) is 2.77. The zero-order chi connectivity index (χ0) is 16.1. The van der Waals surface area contributed by atoms with Crippen molar-refractivity contribution in [1.29, 1.82) is 0 Å². The Bertz CT molecular complexity index is 506. The van der Waals surface area contributed by atoms with Gasteiger partial charge in [0.2, 0.25) is 0 Å². The number of rotatable bonds is 4. The predicted molar refractivity (Wildman–Crippen MR) is 90.4 cm³/mol. The van der Waals surface area contributed by atoms with Crippen molar-refractivity contribution in [3.63, 3.8) is 0 Å². The zero-order valence-corrected chi connectivity index (χ0v) is 13.7. The van der Waals surface area contributed by atoms with Crippen LogP contribution >= 0.6 is 0 Å². The average molecular weight is 305 g/mol. The van der Waals surface area contributed by atoms with Gasteiger partial charge in [0.05, 0.1) is 12.6 Å². The monoisotopic (exact) mass is 305 g/mol. The number of nitrogens with zero attached hydrogens (tertiary/aromatic N) is 2. The SMILES string of the molecule is CCN(C)c1cccc(NC(=O)N2CCCC(C)C2CO)c1. The van der Waals surface area contributed by atoms with Gasteiger partial charge in [-0.15, -0.1) is 0 Å². The number of piperidine rings is 1. The molecule has 0 aromatic heterocycles. The quantitative estimate of drug-likeness (QED) is 0.899. The Balaban J connectivity index is 2.08. The number of carbonyl (C=O) groups excluding carboxylic acids is 1. The van der Waals surface area contributed by atoms with Crippen molar-refractivity contribution in [3.8, 4) is 0 Å². The van der Waals surface area contributed by atoms with Gasteiger partial charge in [-0.1, -0.05) is 13.0 Å². The second kappa shape index (κ2) is 7.49. The minimum Gasteiger partial charge on any atom is -0.394 e. The summed E-state index contributed by atoms with van der Waals surface area (Å²) in [6.07, 6.45) is 2.05. The van der Waals surface area contributed by atoms with Gasteiger partial charge in [-0.25, -0.2) is 4.79 Å². The summed E-state index contributed by atoms with van der Waals surface area (Å²) in [5.74, 6) is 0.335. The van der Waals surface area contributed by atoms with Crippen LogP contribution in [-0.2, 0) is 0 Å². The van der Waals surface area contributed by atoms with Gasteiger partial charge in [-0.2, -0.15) is 0 Å². The molecule has 122 valence electrons. The molecular formula is C17H27N3O2. The van der Waals surface area contributed by atoms with Crippen LogP contribution in [0, 0.1) is 5.92 Å². The number of nitrogens with one attached hydrogen (secondary N) is 1. The van der Waals surface area contributed by atoms with Gasteiger partial charge in [0.1, 0.15) is 0 Å². The average Bonchev–Trinajstić information content (AvgIpc) is 2.54. The summed E-state index contributed by atoms with van der Waals surface area (Å²) < 4.78 is 0. The largest absolute Gasteiger partial charge is 0.394 e. The smallest absolute Gasteiger partial charge is 0.322 e. The lowest BCUT2D eigenvalue weighted by Gasteiger charge is -2.38. The van der Waals surface area contributed by atoms with Crippen molar-refractivity contribution in [1.82, 2.24) is 4.90 Å². The molecule has 2 atom stereocenters. The summed E-state index contributed by atoms with van der Waals surface area (Å²) in [5, 5.41) is 12.5. The van der Waals surface area contributed by atoms with E-state index in [9.17, 15) is 9.90 Å². The van der Waals surface area contributed by atoms with E-state index in [4.69, 9.17) is 0 Å². The molecule has 0 saturated carbocycles. The normalized spacial score (nSPS) is 21.5. The van der Waals surface area contributed by atoms with Crippen molar-refractivity contribution < 1.29 is 9.90 Å². The van der Waals surface area contributed by atoms with E-state index in [-0.39, 0.29) is 18.7 Å². The summed E-state index contributed by atoms with van der Waals surface area (Å²) in [4.78, 5) is 16.4. The summed E-state index contributed by atoms with van der Waals surface area (Å²) in [7, 11) is 2.02. The van der Waals surface area contributed by atoms with Crippen LogP contribution < -0.4 is 10.2 Å². The number of aliphatic hydroxyl groups excluding tert-OH is 1. The highest BCUT2D eigenvalue weighted by Gasteiger charge is 2.31. The van der Waals surface area contributed by atoms with Gasteiger partial charge < -0.3 is 20.2 Å². The maximum Gasteiger partial charge on any atom is 0.322 e. The molecule has 22 heavy (non-hydrogen) atoms. The van der Waals surface area contributed by atoms with E-state index >= 15 is 0 Å². The van der Waals surface area contributed by atoms with Gasteiger partial charge in [0.25, 0.3) is 0 Å². The van der Waals surface area contributed by atoms with Gasteiger partial charge in [-0.3, -0.25) is 0 Å². The zero-order valence-electron chi connectivity index (χ0n) is 13.7. The van der Waals surface area contributed by atoms with Crippen LogP contribution in [0.4, 0.5) is 16.2 Å². The van der Waals surface area contributed by atoms with E-state index in [0.717, 1.165) is 30.8 Å². The van der Waals surface area contributed by atoms with Crippen molar-refractivity contribution in [2.75, 3.05) is 37.0 Å². The van der Waals surface area contributed by atoms with Crippen LogP contribution in [-0.4, -0.2) is 48.8 Å². The molecule has 0 spiro atoms. The molecule has 1 saturated heterocycles. The summed E-state index contributed by atoms with van der Waals surface area (Å²) in [6.45, 7) is 5.82. The van der Waals surface area contributed by atoms with E-state index in [1.54, 1.807) is 4.90 Å². The van der Waals surface area contributed by atoms with Crippen LogP contribution in [0.2, 0.25) is 0 Å². The van der Waals surface area contributed by atoms with Crippen LogP contribution in [0.5, 0.6) is 0 Å². The number of amides is 2. The molecule has 0 aliphatic carbocycles. The van der Waals surface area contributed by atoms with E-state index < -0.39 is 0 Å². The molecule has 2 unspecified atom stereocenters. The summed E-state index contributed by atoms with van der Waals surface area (Å²) >= 11 is 0. The molecule has 2 N–H and O–H groups in total. The first kappa shape index (κ1) is 16.6. The van der Waals surface area contributed by atoms with Gasteiger partial charge in [-0.05, 0) is 43.9 Å². The van der Waals surface area contributed by atoms with Crippen LogP contribution in [0.25, 0.3) is 0 Å². The third-order valence-corrected chi connectivity index (χ3v) is 4.58. The Morgan fingerprint density at radius 2 is 2.27 bits per heavy atom. The summed E-state index contributed by atoms with van der Waals surface area (Å²) in [6, 6.07) is 7.63. The molecule has 1 fully saturated rings. The van der Waals surface area contributed by atoms with E-state index in [1.165, 1.54) is 0 Å². The lowest BCUT2D eigenvalue weighted by Crippen LogP contribution is -2.51. The highest BCUT2D eigenvalue weighted by atomic mass is 16.3. The minimum absolute atomic E-state index is 0.0210. The number of benzene rings is 1. The Hall–Kier alpha value is -1.75. The minimum atomic E-state index is -0.123. The van der Waals surface area contributed by atoms with Crippen molar-refractivity contribution in [2.45, 2.75) is 32.7 Å². The molecule has 1 aliphatic heterocycles. The molecule has 1 aliphatic rings. The van der Waals surface area contributed by atoms with Gasteiger partial charge >= 0.3 is 6.03 Å². The van der Waals surface area contributed by atoms with Crippen LogP contribution in [0.1, 0.15) is 26.7 Å². The van der Waals surface area contributed by atoms with Gasteiger partial charge in [0.15, 0.2) is 0 Å². The first-order valence-corrected chi connectivity index (χ1v) is 8.06. The maximum absolute atomic E-state index is 12.5. The molecule has 0 bridgehead atoms. The molecule has 2 amide bonds. The number of hydrogen-bond acceptors (Lipinski definition) is 3. The molecule has 0 radical (unpaired) electrons. The molecule has 5 nitrogen and oxygen atoms in total. The lowest BCUT2D eigenvalue weighted by molar-refractivity contribution is 0.0811. The second-order valence-electron chi connectivity index (χ2n) is 6.06. The number of anilines is 2. The molecule has 1 heterocycles. The summed E-state index contributed by atoms with van der Waals surface area (Å²) in [5.41, 5.74) is 1.86. The molecular weight excluding hydrogens is 278 g/mol. The number of urea groups is 1. The Morgan fingerprint density at radius 1 is 1.50 bits per heavy atom. The first-order valence-electron chi connectivity index (χ1n) is 8.06. The van der Waals surface area contributed by atoms with Crippen molar-refractivity contribution in [2.24, 2.45) is 5.92 Å². The topological polar surface area (TPSA) is 55.8 Å². The lowest BCUT2D eigenvalue weighted by atomic mass is 9.91. The fraction of sp³-hybridized carbons (Fsp3) is 0.588. The molecule has 1 aromatic rings. The van der Waals surface area contributed by atoms with Crippen molar-refractivity contribution >= 4 is 17.4 Å². The van der Waals surface area contributed by atoms with E-state index in [2.05, 4.69) is 24.1 Å². The Labute approximate surface area is 132 Å². The van der Waals surface area contributed by atoms with Gasteiger partial charge in [0, 0.05) is 31.5 Å². The fourth-order valence-electron chi connectivity index (χ4n) is 2.98. The van der Waals surface area contributed by atoms with E-state index in [1.807, 2.05) is 31.3 Å². The van der Waals surface area contributed by atoms with Crippen molar-refractivity contribution in [3.05, 3.63) is 24.3 Å². The van der Waals surface area contributed by atoms with Crippen LogP contribution in [0.3, 0.4) is 0 Å². The standard InChI is InChI=1S/C17H27N3O2/c1-4-19(3)15-9-5-8-14(11-15)18-17(22)20-10-6-7-13(2)16(20)12-21/h5,8-9,11,13,16,21H,4,6-7,10,12H2,1-3H3,(H,18,22). The Kier molecular flexibility index (Phi) is 5.66. The molecule has 5 heteroatoms. The number of hydrogen-bond donors (Lipinski definition) is 2. The highest BCUT2D eigenvalue weighted by molar-refractivity contribution is 5.90. The highest BCUT2D eigenvalue weighted by Crippen LogP contribution is 2.24. The van der Waals surface area contributed by atoms with Crippen LogP contribution in [0.15, 0.2) is 24.3 Å². The maximum atomic E-state index is 12.5. The number of likely N-dealkylation sites (tertiary alicyclic amines) is 1. The molecule has 1 aromatic carbocycles. The fourth-order valence-corrected chi connectivity index (χ4v) is 2.98. The van der Waals surface area contributed by atoms with E-state index in [0.29, 0.717) is 12.5 Å². The first-order chi connectivity index (χ1) is 10.6.